The first-order valence-corrected chi connectivity index (χ1v) is 12.7. The summed E-state index contributed by atoms with van der Waals surface area (Å²) >= 11 is 0. The number of para-hydroxylation sites is 1. The van der Waals surface area contributed by atoms with Gasteiger partial charge in [-0.2, -0.15) is 0 Å². The van der Waals surface area contributed by atoms with Crippen molar-refractivity contribution in [2.45, 2.75) is 30.7 Å². The Balaban J connectivity index is 1.43. The van der Waals surface area contributed by atoms with Crippen LogP contribution in [0.1, 0.15) is 40.4 Å². The molecule has 0 aliphatic carbocycles. The maximum Gasteiger partial charge on any atom is 0.261 e. The first kappa shape index (κ1) is 23.0. The highest BCUT2D eigenvalue weighted by atomic mass is 32.2. The van der Waals surface area contributed by atoms with Gasteiger partial charge in [0.25, 0.3) is 15.9 Å². The van der Waals surface area contributed by atoms with Gasteiger partial charge >= 0.3 is 0 Å². The number of sulfonamides is 1. The molecule has 1 amide bonds. The molecule has 1 atom stereocenters. The van der Waals surface area contributed by atoms with Gasteiger partial charge in [0.05, 0.1) is 16.6 Å². The summed E-state index contributed by atoms with van der Waals surface area (Å²) in [5.41, 5.74) is 2.98. The molecule has 1 aliphatic rings. The third kappa shape index (κ3) is 5.61. The SMILES string of the molecule is Cc1ccccc1NS(=O)(=O)c1ccc(C(=O)NC[C@H](c2ccccc2)N2CCCC2)cc1. The predicted octanol–water partition coefficient (Wildman–Crippen LogP) is 4.36. The molecule has 4 rings (SSSR count). The van der Waals surface area contributed by atoms with Crippen LogP contribution in [0.2, 0.25) is 0 Å². The maximum absolute atomic E-state index is 12.8. The molecule has 3 aromatic rings. The molecular formula is C26H29N3O3S. The second-order valence-corrected chi connectivity index (χ2v) is 10.0. The Labute approximate surface area is 195 Å². The normalized spacial score (nSPS) is 15.2. The number of amides is 1. The number of carbonyl (C=O) groups excluding carboxylic acids is 1. The number of aryl methyl sites for hydroxylation is 1. The van der Waals surface area contributed by atoms with Gasteiger partial charge < -0.3 is 5.32 Å². The van der Waals surface area contributed by atoms with E-state index in [0.717, 1.165) is 18.7 Å². The van der Waals surface area contributed by atoms with Gasteiger partial charge in [-0.25, -0.2) is 8.42 Å². The summed E-state index contributed by atoms with van der Waals surface area (Å²) < 4.78 is 28.1. The number of carbonyl (C=O) groups is 1. The molecule has 7 heteroatoms. The molecule has 2 N–H and O–H groups in total. The van der Waals surface area contributed by atoms with Crippen molar-refractivity contribution in [3.63, 3.8) is 0 Å². The summed E-state index contributed by atoms with van der Waals surface area (Å²) in [7, 11) is -3.74. The molecule has 0 unspecified atom stereocenters. The van der Waals surface area contributed by atoms with Gasteiger partial charge in [0, 0.05) is 12.1 Å². The van der Waals surface area contributed by atoms with E-state index in [-0.39, 0.29) is 16.8 Å². The van der Waals surface area contributed by atoms with Crippen LogP contribution >= 0.6 is 0 Å². The van der Waals surface area contributed by atoms with E-state index in [2.05, 4.69) is 27.1 Å². The molecule has 3 aromatic carbocycles. The van der Waals surface area contributed by atoms with E-state index in [9.17, 15) is 13.2 Å². The summed E-state index contributed by atoms with van der Waals surface area (Å²) in [5, 5.41) is 3.03. The van der Waals surface area contributed by atoms with Crippen molar-refractivity contribution in [2.75, 3.05) is 24.4 Å². The first-order valence-electron chi connectivity index (χ1n) is 11.2. The van der Waals surface area contributed by atoms with Crippen LogP contribution in [-0.2, 0) is 10.0 Å². The van der Waals surface area contributed by atoms with Gasteiger partial charge in [-0.3, -0.25) is 14.4 Å². The largest absolute Gasteiger partial charge is 0.350 e. The van der Waals surface area contributed by atoms with Crippen LogP contribution in [0.15, 0.2) is 83.8 Å². The quantitative estimate of drug-likeness (QED) is 0.520. The van der Waals surface area contributed by atoms with Crippen molar-refractivity contribution < 1.29 is 13.2 Å². The number of benzene rings is 3. The second-order valence-electron chi connectivity index (χ2n) is 8.32. The fourth-order valence-corrected chi connectivity index (χ4v) is 5.28. The Morgan fingerprint density at radius 3 is 2.21 bits per heavy atom. The molecular weight excluding hydrogens is 434 g/mol. The number of nitrogens with zero attached hydrogens (tertiary/aromatic N) is 1. The van der Waals surface area contributed by atoms with Crippen molar-refractivity contribution in [3.05, 3.63) is 95.6 Å². The van der Waals surface area contributed by atoms with E-state index >= 15 is 0 Å². The Hall–Kier alpha value is -3.16. The zero-order chi connectivity index (χ0) is 23.3. The van der Waals surface area contributed by atoms with E-state index < -0.39 is 10.0 Å². The maximum atomic E-state index is 12.8. The summed E-state index contributed by atoms with van der Waals surface area (Å²) in [6.07, 6.45) is 2.34. The summed E-state index contributed by atoms with van der Waals surface area (Å²) in [6, 6.07) is 23.6. The highest BCUT2D eigenvalue weighted by molar-refractivity contribution is 7.92. The molecule has 33 heavy (non-hydrogen) atoms. The zero-order valence-corrected chi connectivity index (χ0v) is 19.5. The number of hydrogen-bond acceptors (Lipinski definition) is 4. The fourth-order valence-electron chi connectivity index (χ4n) is 4.15. The van der Waals surface area contributed by atoms with Crippen LogP contribution in [0.3, 0.4) is 0 Å². The molecule has 1 fully saturated rings. The Morgan fingerprint density at radius 2 is 1.55 bits per heavy atom. The van der Waals surface area contributed by atoms with Crippen molar-refractivity contribution in [1.29, 1.82) is 0 Å². The van der Waals surface area contributed by atoms with Gasteiger partial charge in [-0.05, 0) is 74.3 Å². The minimum atomic E-state index is -3.74. The molecule has 0 saturated carbocycles. The fraction of sp³-hybridized carbons (Fsp3) is 0.269. The molecule has 1 aliphatic heterocycles. The topological polar surface area (TPSA) is 78.5 Å². The van der Waals surface area contributed by atoms with Crippen LogP contribution in [0.5, 0.6) is 0 Å². The molecule has 6 nitrogen and oxygen atoms in total. The Morgan fingerprint density at radius 1 is 0.909 bits per heavy atom. The van der Waals surface area contributed by atoms with Crippen LogP contribution in [0.4, 0.5) is 5.69 Å². The van der Waals surface area contributed by atoms with Crippen LogP contribution < -0.4 is 10.0 Å². The number of rotatable bonds is 8. The first-order chi connectivity index (χ1) is 15.9. The van der Waals surface area contributed by atoms with Crippen molar-refractivity contribution in [3.8, 4) is 0 Å². The number of nitrogens with one attached hydrogen (secondary N) is 2. The average Bonchev–Trinajstić information content (AvgIpc) is 3.36. The highest BCUT2D eigenvalue weighted by Crippen LogP contribution is 2.25. The van der Waals surface area contributed by atoms with Gasteiger partial charge in [-0.15, -0.1) is 0 Å². The van der Waals surface area contributed by atoms with Gasteiger partial charge in [0.2, 0.25) is 0 Å². The second kappa shape index (κ2) is 10.2. The van der Waals surface area contributed by atoms with E-state index in [1.54, 1.807) is 24.3 Å². The number of anilines is 1. The lowest BCUT2D eigenvalue weighted by molar-refractivity contribution is 0.0938. The van der Waals surface area contributed by atoms with E-state index in [1.807, 2.05) is 37.3 Å². The zero-order valence-electron chi connectivity index (χ0n) is 18.7. The third-order valence-electron chi connectivity index (χ3n) is 6.04. The predicted molar refractivity (Wildman–Crippen MR) is 131 cm³/mol. The van der Waals surface area contributed by atoms with Gasteiger partial charge in [-0.1, -0.05) is 48.5 Å². The lowest BCUT2D eigenvalue weighted by Crippen LogP contribution is -2.36. The summed E-state index contributed by atoms with van der Waals surface area (Å²) in [6.45, 7) is 4.39. The van der Waals surface area contributed by atoms with Crippen LogP contribution in [-0.4, -0.2) is 38.9 Å². The third-order valence-corrected chi connectivity index (χ3v) is 7.42. The van der Waals surface area contributed by atoms with E-state index in [1.165, 1.54) is 30.5 Å². The molecule has 1 saturated heterocycles. The van der Waals surface area contributed by atoms with E-state index in [4.69, 9.17) is 0 Å². The molecule has 172 valence electrons. The molecule has 1 heterocycles. The van der Waals surface area contributed by atoms with Crippen LogP contribution in [0.25, 0.3) is 0 Å². The van der Waals surface area contributed by atoms with Gasteiger partial charge in [0.1, 0.15) is 0 Å². The number of likely N-dealkylation sites (tertiary alicyclic amines) is 1. The average molecular weight is 464 g/mol. The molecule has 0 aromatic heterocycles. The van der Waals surface area contributed by atoms with E-state index in [0.29, 0.717) is 17.8 Å². The minimum absolute atomic E-state index is 0.113. The van der Waals surface area contributed by atoms with Crippen molar-refractivity contribution >= 4 is 21.6 Å². The van der Waals surface area contributed by atoms with Crippen molar-refractivity contribution in [2.24, 2.45) is 0 Å². The lowest BCUT2D eigenvalue weighted by Gasteiger charge is -2.28. The standard InChI is InChI=1S/C26H29N3O3S/c1-20-9-5-6-12-24(20)28-33(31,32)23-15-13-22(14-16-23)26(30)27-19-25(29-17-7-8-18-29)21-10-3-2-4-11-21/h2-6,9-16,25,28H,7-8,17-19H2,1H3,(H,27,30)/t25-/m1/s1. The minimum Gasteiger partial charge on any atom is -0.350 e. The van der Waals surface area contributed by atoms with Crippen molar-refractivity contribution in [1.82, 2.24) is 10.2 Å². The Kier molecular flexibility index (Phi) is 7.11. The Bertz CT molecular complexity index is 1190. The summed E-state index contributed by atoms with van der Waals surface area (Å²) in [4.78, 5) is 15.3. The number of hydrogen-bond donors (Lipinski definition) is 2. The monoisotopic (exact) mass is 463 g/mol. The van der Waals surface area contributed by atoms with Crippen LogP contribution in [0, 0.1) is 6.92 Å². The van der Waals surface area contributed by atoms with Gasteiger partial charge in [0.15, 0.2) is 0 Å². The molecule has 0 spiro atoms. The molecule has 0 radical (unpaired) electrons. The lowest BCUT2D eigenvalue weighted by atomic mass is 10.1. The summed E-state index contributed by atoms with van der Waals surface area (Å²) in [5.74, 6) is -0.217. The molecule has 0 bridgehead atoms. The smallest absolute Gasteiger partial charge is 0.261 e. The highest BCUT2D eigenvalue weighted by Gasteiger charge is 2.24.